The summed E-state index contributed by atoms with van der Waals surface area (Å²) >= 11 is 0. The van der Waals surface area contributed by atoms with Gasteiger partial charge in [-0.15, -0.1) is 0 Å². The van der Waals surface area contributed by atoms with Crippen LogP contribution in [0.3, 0.4) is 0 Å². The van der Waals surface area contributed by atoms with E-state index >= 15 is 0 Å². The van der Waals surface area contributed by atoms with Gasteiger partial charge in [0.2, 0.25) is 0 Å². The summed E-state index contributed by atoms with van der Waals surface area (Å²) in [4.78, 5) is 22.8. The van der Waals surface area contributed by atoms with Crippen molar-refractivity contribution in [3.63, 3.8) is 0 Å². The highest BCUT2D eigenvalue weighted by Crippen LogP contribution is 2.18. The van der Waals surface area contributed by atoms with Gasteiger partial charge in [0.15, 0.2) is 0 Å². The predicted octanol–water partition coefficient (Wildman–Crippen LogP) is 3.34. The van der Waals surface area contributed by atoms with Crippen LogP contribution in [0.25, 0.3) is 0 Å². The second-order valence-electron chi connectivity index (χ2n) is 5.42. The number of nitrogens with one attached hydrogen (secondary N) is 1. The first-order chi connectivity index (χ1) is 9.95. The number of carboxylic acids is 1. The molecule has 0 aliphatic rings. The molecule has 0 radical (unpaired) electrons. The van der Waals surface area contributed by atoms with E-state index in [0.29, 0.717) is 6.42 Å². The SMILES string of the molecule is CCCC[C@](C)(CC(=O)O)NC(=O)OCc1ccccc1. The number of aliphatic carboxylic acids is 1. The number of amides is 1. The molecule has 116 valence electrons. The summed E-state index contributed by atoms with van der Waals surface area (Å²) in [7, 11) is 0. The summed E-state index contributed by atoms with van der Waals surface area (Å²) in [5.41, 5.74) is 0.108. The van der Waals surface area contributed by atoms with Gasteiger partial charge in [-0.25, -0.2) is 4.79 Å². The highest BCUT2D eigenvalue weighted by molar-refractivity contribution is 5.72. The third-order valence-corrected chi connectivity index (χ3v) is 3.24. The van der Waals surface area contributed by atoms with Crippen LogP contribution in [-0.2, 0) is 16.1 Å². The zero-order chi connectivity index (χ0) is 15.7. The molecule has 5 heteroatoms. The molecule has 0 aromatic heterocycles. The van der Waals surface area contributed by atoms with E-state index in [4.69, 9.17) is 9.84 Å². The molecule has 0 saturated carbocycles. The minimum Gasteiger partial charge on any atom is -0.481 e. The van der Waals surface area contributed by atoms with E-state index in [9.17, 15) is 9.59 Å². The zero-order valence-corrected chi connectivity index (χ0v) is 12.6. The minimum atomic E-state index is -0.933. The number of carbonyl (C=O) groups is 2. The van der Waals surface area contributed by atoms with Crippen molar-refractivity contribution in [3.8, 4) is 0 Å². The second kappa shape index (κ2) is 8.29. The predicted molar refractivity (Wildman–Crippen MR) is 79.9 cm³/mol. The molecule has 5 nitrogen and oxygen atoms in total. The number of ether oxygens (including phenoxy) is 1. The molecule has 0 aliphatic carbocycles. The van der Waals surface area contributed by atoms with Gasteiger partial charge in [-0.3, -0.25) is 4.79 Å². The van der Waals surface area contributed by atoms with Crippen LogP contribution in [0, 0.1) is 0 Å². The number of hydrogen-bond acceptors (Lipinski definition) is 3. The van der Waals surface area contributed by atoms with Crippen LogP contribution in [0.5, 0.6) is 0 Å². The highest BCUT2D eigenvalue weighted by Gasteiger charge is 2.29. The van der Waals surface area contributed by atoms with Gasteiger partial charge in [-0.2, -0.15) is 0 Å². The lowest BCUT2D eigenvalue weighted by molar-refractivity contribution is -0.138. The summed E-state index contributed by atoms with van der Waals surface area (Å²) in [5.74, 6) is -0.933. The van der Waals surface area contributed by atoms with Gasteiger partial charge in [-0.1, -0.05) is 50.1 Å². The number of benzene rings is 1. The molecule has 0 heterocycles. The molecule has 2 N–H and O–H groups in total. The van der Waals surface area contributed by atoms with E-state index in [0.717, 1.165) is 18.4 Å². The molecule has 0 unspecified atom stereocenters. The Morgan fingerprint density at radius 1 is 1.29 bits per heavy atom. The fourth-order valence-corrected chi connectivity index (χ4v) is 2.10. The Morgan fingerprint density at radius 3 is 2.52 bits per heavy atom. The second-order valence-corrected chi connectivity index (χ2v) is 5.42. The molecule has 1 rings (SSSR count). The molecule has 0 bridgehead atoms. The van der Waals surface area contributed by atoms with E-state index in [1.807, 2.05) is 37.3 Å². The maximum absolute atomic E-state index is 11.9. The monoisotopic (exact) mass is 293 g/mol. The van der Waals surface area contributed by atoms with Gasteiger partial charge < -0.3 is 15.2 Å². The van der Waals surface area contributed by atoms with Crippen LogP contribution < -0.4 is 5.32 Å². The Morgan fingerprint density at radius 2 is 1.95 bits per heavy atom. The molecular formula is C16H23NO4. The number of carboxylic acid groups (broad SMARTS) is 1. The van der Waals surface area contributed by atoms with Crippen molar-refractivity contribution in [2.24, 2.45) is 0 Å². The Kier molecular flexibility index (Phi) is 6.72. The average molecular weight is 293 g/mol. The Hall–Kier alpha value is -2.04. The Bertz CT molecular complexity index is 461. The normalized spacial score (nSPS) is 13.2. The average Bonchev–Trinajstić information content (AvgIpc) is 2.43. The smallest absolute Gasteiger partial charge is 0.407 e. The van der Waals surface area contributed by atoms with Crippen molar-refractivity contribution in [1.82, 2.24) is 5.32 Å². The Labute approximate surface area is 125 Å². The number of alkyl carbamates (subject to hydrolysis) is 1. The first-order valence-corrected chi connectivity index (χ1v) is 7.16. The van der Waals surface area contributed by atoms with E-state index in [1.54, 1.807) is 6.92 Å². The summed E-state index contributed by atoms with van der Waals surface area (Å²) in [6.07, 6.45) is 1.70. The van der Waals surface area contributed by atoms with Crippen LogP contribution in [-0.4, -0.2) is 22.7 Å². The summed E-state index contributed by atoms with van der Waals surface area (Å²) in [5, 5.41) is 11.7. The molecule has 0 aliphatic heterocycles. The van der Waals surface area contributed by atoms with Gasteiger partial charge in [0.25, 0.3) is 0 Å². The van der Waals surface area contributed by atoms with Crippen LogP contribution in [0.4, 0.5) is 4.79 Å². The molecule has 1 aromatic rings. The van der Waals surface area contributed by atoms with Crippen molar-refractivity contribution in [1.29, 1.82) is 0 Å². The summed E-state index contributed by atoms with van der Waals surface area (Å²) in [6, 6.07) is 9.35. The third kappa shape index (κ3) is 6.79. The highest BCUT2D eigenvalue weighted by atomic mass is 16.5. The molecule has 21 heavy (non-hydrogen) atoms. The van der Waals surface area contributed by atoms with Gasteiger partial charge in [0.05, 0.1) is 12.0 Å². The van der Waals surface area contributed by atoms with Crippen LogP contribution in [0.1, 0.15) is 45.1 Å². The zero-order valence-electron chi connectivity index (χ0n) is 12.6. The Balaban J connectivity index is 2.53. The third-order valence-electron chi connectivity index (χ3n) is 3.24. The van der Waals surface area contributed by atoms with Crippen molar-refractivity contribution in [2.45, 2.75) is 51.7 Å². The molecule has 1 aromatic carbocycles. The lowest BCUT2D eigenvalue weighted by Gasteiger charge is -2.28. The largest absolute Gasteiger partial charge is 0.481 e. The number of hydrogen-bond donors (Lipinski definition) is 2. The van der Waals surface area contributed by atoms with E-state index in [1.165, 1.54) is 0 Å². The van der Waals surface area contributed by atoms with Crippen molar-refractivity contribution >= 4 is 12.1 Å². The first-order valence-electron chi connectivity index (χ1n) is 7.16. The molecule has 0 fully saturated rings. The maximum atomic E-state index is 11.9. The quantitative estimate of drug-likeness (QED) is 0.770. The standard InChI is InChI=1S/C16H23NO4/c1-3-4-10-16(2,11-14(18)19)17-15(20)21-12-13-8-6-5-7-9-13/h5-9H,3-4,10-12H2,1-2H3,(H,17,20)(H,18,19)/t16-/m1/s1. The maximum Gasteiger partial charge on any atom is 0.407 e. The molecule has 0 spiro atoms. The molecule has 1 atom stereocenters. The van der Waals surface area contributed by atoms with Crippen molar-refractivity contribution in [2.75, 3.05) is 0 Å². The summed E-state index contributed by atoms with van der Waals surface area (Å²) in [6.45, 7) is 3.93. The fourth-order valence-electron chi connectivity index (χ4n) is 2.10. The van der Waals surface area contributed by atoms with Gasteiger partial charge in [-0.05, 0) is 18.9 Å². The number of carbonyl (C=O) groups excluding carboxylic acids is 1. The van der Waals surface area contributed by atoms with Gasteiger partial charge in [0.1, 0.15) is 6.61 Å². The molecule has 0 saturated heterocycles. The van der Waals surface area contributed by atoms with E-state index in [2.05, 4.69) is 5.32 Å². The minimum absolute atomic E-state index is 0.118. The van der Waals surface area contributed by atoms with Gasteiger partial charge >= 0.3 is 12.1 Å². The summed E-state index contributed by atoms with van der Waals surface area (Å²) < 4.78 is 5.14. The fraction of sp³-hybridized carbons (Fsp3) is 0.500. The van der Waals surface area contributed by atoms with Crippen LogP contribution in [0.15, 0.2) is 30.3 Å². The lowest BCUT2D eigenvalue weighted by Crippen LogP contribution is -2.47. The van der Waals surface area contributed by atoms with Crippen LogP contribution >= 0.6 is 0 Å². The van der Waals surface area contributed by atoms with Crippen molar-refractivity contribution < 1.29 is 19.4 Å². The topological polar surface area (TPSA) is 75.6 Å². The molecular weight excluding hydrogens is 270 g/mol. The van der Waals surface area contributed by atoms with Gasteiger partial charge in [0, 0.05) is 0 Å². The number of unbranched alkanes of at least 4 members (excludes halogenated alkanes) is 1. The molecule has 1 amide bonds. The van der Waals surface area contributed by atoms with Crippen LogP contribution in [0.2, 0.25) is 0 Å². The lowest BCUT2D eigenvalue weighted by atomic mass is 9.91. The van der Waals surface area contributed by atoms with Crippen molar-refractivity contribution in [3.05, 3.63) is 35.9 Å². The van der Waals surface area contributed by atoms with E-state index < -0.39 is 17.6 Å². The van der Waals surface area contributed by atoms with E-state index in [-0.39, 0.29) is 13.0 Å². The first kappa shape index (κ1) is 17.0. The number of rotatable bonds is 8.